The SMILES string of the molecule is CCN(CC(=O)OC)CC1OCCc2ccccc21. The summed E-state index contributed by atoms with van der Waals surface area (Å²) in [5, 5.41) is 0. The third-order valence-electron chi connectivity index (χ3n) is 3.54. The fourth-order valence-electron chi connectivity index (χ4n) is 2.42. The minimum absolute atomic E-state index is 0.0505. The highest BCUT2D eigenvalue weighted by atomic mass is 16.5. The maximum atomic E-state index is 11.4. The number of hydrogen-bond donors (Lipinski definition) is 0. The van der Waals surface area contributed by atoms with E-state index in [0.717, 1.165) is 26.1 Å². The van der Waals surface area contributed by atoms with Gasteiger partial charge in [-0.25, -0.2) is 0 Å². The minimum atomic E-state index is -0.203. The molecule has 0 aromatic heterocycles. The lowest BCUT2D eigenvalue weighted by molar-refractivity contribution is -0.142. The first-order chi connectivity index (χ1) is 9.24. The molecule has 2 rings (SSSR count). The standard InChI is InChI=1S/C15H21NO3/c1-3-16(11-15(17)18-2)10-14-13-7-5-4-6-12(13)8-9-19-14/h4-7,14H,3,8-11H2,1-2H3. The summed E-state index contributed by atoms with van der Waals surface area (Å²) in [7, 11) is 1.42. The van der Waals surface area contributed by atoms with E-state index in [1.54, 1.807) is 0 Å². The topological polar surface area (TPSA) is 38.8 Å². The van der Waals surface area contributed by atoms with Crippen LogP contribution in [-0.4, -0.2) is 44.2 Å². The number of fused-ring (bicyclic) bond motifs is 1. The summed E-state index contributed by atoms with van der Waals surface area (Å²) in [6.07, 6.45) is 1.02. The zero-order chi connectivity index (χ0) is 13.7. The van der Waals surface area contributed by atoms with Gasteiger partial charge in [-0.3, -0.25) is 9.69 Å². The molecule has 0 bridgehead atoms. The van der Waals surface area contributed by atoms with Crippen molar-refractivity contribution < 1.29 is 14.3 Å². The fraction of sp³-hybridized carbons (Fsp3) is 0.533. The summed E-state index contributed by atoms with van der Waals surface area (Å²) < 4.78 is 10.6. The van der Waals surface area contributed by atoms with Gasteiger partial charge in [0.1, 0.15) is 0 Å². The third-order valence-corrected chi connectivity index (χ3v) is 3.54. The van der Waals surface area contributed by atoms with Gasteiger partial charge in [0, 0.05) is 6.54 Å². The molecule has 104 valence electrons. The van der Waals surface area contributed by atoms with Gasteiger partial charge in [0.2, 0.25) is 0 Å². The molecule has 1 aromatic rings. The normalized spacial score (nSPS) is 18.2. The van der Waals surface area contributed by atoms with Crippen LogP contribution in [0.25, 0.3) is 0 Å². The maximum Gasteiger partial charge on any atom is 0.319 e. The van der Waals surface area contributed by atoms with E-state index in [0.29, 0.717) is 6.54 Å². The summed E-state index contributed by atoms with van der Waals surface area (Å²) in [5.41, 5.74) is 2.60. The Morgan fingerprint density at radius 2 is 2.26 bits per heavy atom. The van der Waals surface area contributed by atoms with E-state index >= 15 is 0 Å². The zero-order valence-electron chi connectivity index (χ0n) is 11.6. The minimum Gasteiger partial charge on any atom is -0.468 e. The number of likely N-dealkylation sites (N-methyl/N-ethyl adjacent to an activating group) is 1. The first kappa shape index (κ1) is 14.0. The molecule has 4 heteroatoms. The lowest BCUT2D eigenvalue weighted by Crippen LogP contribution is -2.36. The number of hydrogen-bond acceptors (Lipinski definition) is 4. The molecule has 1 aliphatic heterocycles. The summed E-state index contributed by atoms with van der Waals surface area (Å²) in [6, 6.07) is 8.37. The third kappa shape index (κ3) is 3.55. The summed E-state index contributed by atoms with van der Waals surface area (Å²) in [4.78, 5) is 13.4. The van der Waals surface area contributed by atoms with Crippen molar-refractivity contribution in [1.82, 2.24) is 4.90 Å². The molecule has 0 radical (unpaired) electrons. The maximum absolute atomic E-state index is 11.4. The van der Waals surface area contributed by atoms with Crippen molar-refractivity contribution in [2.24, 2.45) is 0 Å². The van der Waals surface area contributed by atoms with E-state index in [4.69, 9.17) is 9.47 Å². The van der Waals surface area contributed by atoms with Crippen molar-refractivity contribution in [3.8, 4) is 0 Å². The van der Waals surface area contributed by atoms with Crippen molar-refractivity contribution in [3.63, 3.8) is 0 Å². The number of carbonyl (C=O) groups excluding carboxylic acids is 1. The van der Waals surface area contributed by atoms with E-state index in [1.165, 1.54) is 18.2 Å². The van der Waals surface area contributed by atoms with Crippen molar-refractivity contribution in [1.29, 1.82) is 0 Å². The molecule has 0 N–H and O–H groups in total. The molecule has 1 aliphatic rings. The van der Waals surface area contributed by atoms with Gasteiger partial charge in [0.25, 0.3) is 0 Å². The van der Waals surface area contributed by atoms with Crippen LogP contribution in [0, 0.1) is 0 Å². The van der Waals surface area contributed by atoms with E-state index in [9.17, 15) is 4.79 Å². The number of nitrogens with zero attached hydrogens (tertiary/aromatic N) is 1. The fourth-order valence-corrected chi connectivity index (χ4v) is 2.42. The summed E-state index contributed by atoms with van der Waals surface area (Å²) in [6.45, 7) is 4.63. The van der Waals surface area contributed by atoms with E-state index in [-0.39, 0.29) is 12.1 Å². The molecular formula is C15H21NO3. The second kappa shape index (κ2) is 6.68. The summed E-state index contributed by atoms with van der Waals surface area (Å²) >= 11 is 0. The van der Waals surface area contributed by atoms with Crippen LogP contribution in [0.4, 0.5) is 0 Å². The van der Waals surface area contributed by atoms with Crippen LogP contribution in [-0.2, 0) is 20.7 Å². The van der Waals surface area contributed by atoms with Crippen molar-refractivity contribution in [2.75, 3.05) is 33.4 Å². The Morgan fingerprint density at radius 1 is 1.47 bits per heavy atom. The Bertz CT molecular complexity index is 433. The Morgan fingerprint density at radius 3 is 3.00 bits per heavy atom. The number of carbonyl (C=O) groups is 1. The number of esters is 1. The van der Waals surface area contributed by atoms with Gasteiger partial charge >= 0.3 is 5.97 Å². The second-order valence-corrected chi connectivity index (χ2v) is 4.71. The highest BCUT2D eigenvalue weighted by molar-refractivity contribution is 5.71. The van der Waals surface area contributed by atoms with Crippen LogP contribution in [0.2, 0.25) is 0 Å². The van der Waals surface area contributed by atoms with Gasteiger partial charge in [-0.2, -0.15) is 0 Å². The second-order valence-electron chi connectivity index (χ2n) is 4.71. The lowest BCUT2D eigenvalue weighted by Gasteiger charge is -2.30. The van der Waals surface area contributed by atoms with Crippen LogP contribution in [0.1, 0.15) is 24.2 Å². The quantitative estimate of drug-likeness (QED) is 0.759. The number of ether oxygens (including phenoxy) is 2. The Hall–Kier alpha value is -1.39. The molecule has 0 saturated carbocycles. The largest absolute Gasteiger partial charge is 0.468 e. The molecule has 1 heterocycles. The molecule has 1 unspecified atom stereocenters. The molecule has 0 aliphatic carbocycles. The van der Waals surface area contributed by atoms with E-state index in [1.807, 2.05) is 13.0 Å². The van der Waals surface area contributed by atoms with Gasteiger partial charge < -0.3 is 9.47 Å². The average Bonchev–Trinajstić information content (AvgIpc) is 2.46. The van der Waals surface area contributed by atoms with E-state index < -0.39 is 0 Å². The Labute approximate surface area is 114 Å². The van der Waals surface area contributed by atoms with Crippen LogP contribution >= 0.6 is 0 Å². The Kier molecular flexibility index (Phi) is 4.93. The van der Waals surface area contributed by atoms with Crippen molar-refractivity contribution >= 4 is 5.97 Å². The first-order valence-electron chi connectivity index (χ1n) is 6.73. The smallest absolute Gasteiger partial charge is 0.319 e. The predicted octanol–water partition coefficient (Wildman–Crippen LogP) is 1.80. The molecule has 0 spiro atoms. The zero-order valence-corrected chi connectivity index (χ0v) is 11.6. The molecule has 0 amide bonds. The van der Waals surface area contributed by atoms with Gasteiger partial charge in [0.05, 0.1) is 26.4 Å². The molecular weight excluding hydrogens is 242 g/mol. The van der Waals surface area contributed by atoms with Crippen LogP contribution in [0.15, 0.2) is 24.3 Å². The van der Waals surface area contributed by atoms with Crippen LogP contribution in [0.5, 0.6) is 0 Å². The van der Waals surface area contributed by atoms with Crippen molar-refractivity contribution in [2.45, 2.75) is 19.4 Å². The van der Waals surface area contributed by atoms with Crippen LogP contribution < -0.4 is 0 Å². The van der Waals surface area contributed by atoms with Crippen molar-refractivity contribution in [3.05, 3.63) is 35.4 Å². The van der Waals surface area contributed by atoms with Gasteiger partial charge in [-0.05, 0) is 24.1 Å². The van der Waals surface area contributed by atoms with Gasteiger partial charge in [0.15, 0.2) is 0 Å². The predicted molar refractivity (Wildman–Crippen MR) is 73.0 cm³/mol. The monoisotopic (exact) mass is 263 g/mol. The number of rotatable bonds is 5. The summed E-state index contributed by atoms with van der Waals surface area (Å²) in [5.74, 6) is -0.203. The Balaban J connectivity index is 2.04. The highest BCUT2D eigenvalue weighted by Crippen LogP contribution is 2.27. The average molecular weight is 263 g/mol. The first-order valence-corrected chi connectivity index (χ1v) is 6.73. The molecule has 1 aromatic carbocycles. The van der Waals surface area contributed by atoms with E-state index in [2.05, 4.69) is 23.1 Å². The molecule has 0 saturated heterocycles. The van der Waals surface area contributed by atoms with Gasteiger partial charge in [-0.1, -0.05) is 31.2 Å². The number of methoxy groups -OCH3 is 1. The highest BCUT2D eigenvalue weighted by Gasteiger charge is 2.23. The van der Waals surface area contributed by atoms with Gasteiger partial charge in [-0.15, -0.1) is 0 Å². The van der Waals surface area contributed by atoms with Crippen LogP contribution in [0.3, 0.4) is 0 Å². The lowest BCUT2D eigenvalue weighted by atomic mass is 9.97. The molecule has 0 fully saturated rings. The molecule has 4 nitrogen and oxygen atoms in total. The molecule has 19 heavy (non-hydrogen) atoms. The molecule has 1 atom stereocenters. The number of benzene rings is 1.